The van der Waals surface area contributed by atoms with E-state index in [1.165, 1.54) is 16.8 Å². The molecular formula is C23H22ClN3O4. The van der Waals surface area contributed by atoms with E-state index in [-0.39, 0.29) is 5.56 Å². The Morgan fingerprint density at radius 1 is 1.19 bits per heavy atom. The number of halogens is 1. The lowest BCUT2D eigenvalue weighted by atomic mass is 10.2. The van der Waals surface area contributed by atoms with Crippen LogP contribution in [0.3, 0.4) is 0 Å². The van der Waals surface area contributed by atoms with Crippen LogP contribution in [0.4, 0.5) is 0 Å². The van der Waals surface area contributed by atoms with Crippen molar-refractivity contribution in [2.24, 2.45) is 5.10 Å². The summed E-state index contributed by atoms with van der Waals surface area (Å²) in [5.41, 5.74) is 3.56. The van der Waals surface area contributed by atoms with E-state index in [0.29, 0.717) is 29.5 Å². The van der Waals surface area contributed by atoms with Crippen LogP contribution < -0.4 is 20.5 Å². The summed E-state index contributed by atoms with van der Waals surface area (Å²) >= 11 is 6.14. The Bertz CT molecular complexity index is 1140. The van der Waals surface area contributed by atoms with Gasteiger partial charge >= 0.3 is 0 Å². The lowest BCUT2D eigenvalue weighted by molar-refractivity contribution is 0.0953. The summed E-state index contributed by atoms with van der Waals surface area (Å²) in [7, 11) is 1.59. The number of amides is 1. The number of carbonyl (C=O) groups is 1. The minimum absolute atomic E-state index is 0.00196. The van der Waals surface area contributed by atoms with Crippen LogP contribution in [0.25, 0.3) is 0 Å². The van der Waals surface area contributed by atoms with Crippen molar-refractivity contribution in [2.45, 2.75) is 13.5 Å². The number of hydrogen-bond donors (Lipinski definition) is 1. The Balaban J connectivity index is 1.69. The van der Waals surface area contributed by atoms with E-state index in [1.807, 2.05) is 31.2 Å². The van der Waals surface area contributed by atoms with Crippen LogP contribution in [-0.4, -0.2) is 30.4 Å². The number of pyridine rings is 1. The van der Waals surface area contributed by atoms with Gasteiger partial charge in [-0.15, -0.1) is 0 Å². The highest BCUT2D eigenvalue weighted by molar-refractivity contribution is 6.32. The van der Waals surface area contributed by atoms with Crippen molar-refractivity contribution >= 4 is 23.7 Å². The standard InChI is InChI=1S/C23H22ClN3O4/c1-3-31-21-11-8-17(13-20(21)24)14-25-26-22(28)19-5-4-12-27(23(19)29)15-16-6-9-18(30-2)10-7-16/h4-14H,3,15H2,1-2H3,(H,26,28)/b25-14-. The van der Waals surface area contributed by atoms with Gasteiger partial charge in [0.2, 0.25) is 0 Å². The third-order valence-corrected chi connectivity index (χ3v) is 4.71. The van der Waals surface area contributed by atoms with Gasteiger partial charge in [-0.3, -0.25) is 9.59 Å². The molecule has 0 saturated carbocycles. The molecule has 0 fully saturated rings. The number of hydrazone groups is 1. The number of ether oxygens (including phenoxy) is 2. The molecule has 7 nitrogen and oxygen atoms in total. The van der Waals surface area contributed by atoms with E-state index in [2.05, 4.69) is 10.5 Å². The van der Waals surface area contributed by atoms with Gasteiger partial charge in [-0.2, -0.15) is 5.10 Å². The van der Waals surface area contributed by atoms with Gasteiger partial charge in [0.15, 0.2) is 0 Å². The molecule has 160 valence electrons. The second kappa shape index (κ2) is 10.4. The molecule has 1 aromatic heterocycles. The monoisotopic (exact) mass is 439 g/mol. The third-order valence-electron chi connectivity index (χ3n) is 4.41. The van der Waals surface area contributed by atoms with E-state index in [0.717, 1.165) is 11.3 Å². The molecule has 8 heteroatoms. The van der Waals surface area contributed by atoms with Gasteiger partial charge in [0.05, 0.1) is 31.5 Å². The topological polar surface area (TPSA) is 81.9 Å². The highest BCUT2D eigenvalue weighted by Crippen LogP contribution is 2.24. The normalized spacial score (nSPS) is 10.8. The van der Waals surface area contributed by atoms with Crippen molar-refractivity contribution in [3.8, 4) is 11.5 Å². The first-order valence-corrected chi connectivity index (χ1v) is 9.97. The first-order valence-electron chi connectivity index (χ1n) is 9.60. The number of aromatic nitrogens is 1. The molecule has 0 spiro atoms. The van der Waals surface area contributed by atoms with Crippen LogP contribution in [0.5, 0.6) is 11.5 Å². The molecular weight excluding hydrogens is 418 g/mol. The average molecular weight is 440 g/mol. The molecule has 0 aliphatic carbocycles. The lowest BCUT2D eigenvalue weighted by Gasteiger charge is -2.08. The second-order valence-electron chi connectivity index (χ2n) is 6.52. The maximum atomic E-state index is 12.7. The van der Waals surface area contributed by atoms with E-state index in [4.69, 9.17) is 21.1 Å². The van der Waals surface area contributed by atoms with Gasteiger partial charge in [0, 0.05) is 6.20 Å². The zero-order valence-electron chi connectivity index (χ0n) is 17.2. The second-order valence-corrected chi connectivity index (χ2v) is 6.93. The largest absolute Gasteiger partial charge is 0.497 e. The van der Waals surface area contributed by atoms with Crippen molar-refractivity contribution < 1.29 is 14.3 Å². The van der Waals surface area contributed by atoms with Gasteiger partial charge in [-0.1, -0.05) is 23.7 Å². The summed E-state index contributed by atoms with van der Waals surface area (Å²) in [5, 5.41) is 4.37. The van der Waals surface area contributed by atoms with E-state index >= 15 is 0 Å². The SMILES string of the molecule is CCOc1ccc(/C=N\NC(=O)c2cccn(Cc3ccc(OC)cc3)c2=O)cc1Cl. The average Bonchev–Trinajstić information content (AvgIpc) is 2.77. The van der Waals surface area contributed by atoms with Crippen LogP contribution >= 0.6 is 11.6 Å². The minimum atomic E-state index is -0.595. The Kier molecular flexibility index (Phi) is 7.45. The fourth-order valence-electron chi connectivity index (χ4n) is 2.86. The zero-order valence-corrected chi connectivity index (χ0v) is 17.9. The molecule has 0 unspecified atom stereocenters. The van der Waals surface area contributed by atoms with Gasteiger partial charge in [-0.05, 0) is 60.5 Å². The number of benzene rings is 2. The number of methoxy groups -OCH3 is 1. The Morgan fingerprint density at radius 2 is 1.97 bits per heavy atom. The summed E-state index contributed by atoms with van der Waals surface area (Å²) in [6.45, 7) is 2.71. The van der Waals surface area contributed by atoms with E-state index in [1.54, 1.807) is 37.6 Å². The molecule has 0 aliphatic rings. The first-order chi connectivity index (χ1) is 15.0. The number of carbonyl (C=O) groups excluding carboxylic acids is 1. The molecule has 1 N–H and O–H groups in total. The molecule has 0 atom stereocenters. The molecule has 0 aliphatic heterocycles. The summed E-state index contributed by atoms with van der Waals surface area (Å²) in [4.78, 5) is 25.2. The maximum absolute atomic E-state index is 12.7. The summed E-state index contributed by atoms with van der Waals surface area (Å²) < 4.78 is 12.0. The van der Waals surface area contributed by atoms with Crippen LogP contribution in [0, 0.1) is 0 Å². The Labute approximate surface area is 184 Å². The van der Waals surface area contributed by atoms with Crippen molar-refractivity contribution in [3.05, 3.63) is 92.9 Å². The van der Waals surface area contributed by atoms with Crippen LogP contribution in [0.15, 0.2) is 70.7 Å². The smallest absolute Gasteiger partial charge is 0.276 e. The molecule has 0 radical (unpaired) electrons. The molecule has 0 bridgehead atoms. The Hall–Kier alpha value is -3.58. The summed E-state index contributed by atoms with van der Waals surface area (Å²) in [5.74, 6) is 0.713. The zero-order chi connectivity index (χ0) is 22.2. The lowest BCUT2D eigenvalue weighted by Crippen LogP contribution is -2.30. The molecule has 1 amide bonds. The predicted octanol–water partition coefficient (Wildman–Crippen LogP) is 3.72. The van der Waals surface area contributed by atoms with Gasteiger partial charge in [0.25, 0.3) is 11.5 Å². The fourth-order valence-corrected chi connectivity index (χ4v) is 3.10. The number of nitrogens with zero attached hydrogens (tertiary/aromatic N) is 2. The third kappa shape index (κ3) is 5.73. The highest BCUT2D eigenvalue weighted by Gasteiger charge is 2.12. The molecule has 31 heavy (non-hydrogen) atoms. The number of hydrogen-bond acceptors (Lipinski definition) is 5. The predicted molar refractivity (Wildman–Crippen MR) is 120 cm³/mol. The quantitative estimate of drug-likeness (QED) is 0.428. The maximum Gasteiger partial charge on any atom is 0.276 e. The molecule has 2 aromatic carbocycles. The van der Waals surface area contributed by atoms with Crippen LogP contribution in [0.1, 0.15) is 28.4 Å². The molecule has 3 aromatic rings. The molecule has 0 saturated heterocycles. The van der Waals surface area contributed by atoms with Gasteiger partial charge in [0.1, 0.15) is 17.1 Å². The van der Waals surface area contributed by atoms with Crippen LogP contribution in [0.2, 0.25) is 5.02 Å². The van der Waals surface area contributed by atoms with Gasteiger partial charge < -0.3 is 14.0 Å². The van der Waals surface area contributed by atoms with Crippen molar-refractivity contribution in [2.75, 3.05) is 13.7 Å². The minimum Gasteiger partial charge on any atom is -0.497 e. The van der Waals surface area contributed by atoms with Crippen molar-refractivity contribution in [1.29, 1.82) is 0 Å². The molecule has 3 rings (SSSR count). The van der Waals surface area contributed by atoms with E-state index in [9.17, 15) is 9.59 Å². The summed E-state index contributed by atoms with van der Waals surface area (Å²) in [6, 6.07) is 15.6. The number of rotatable bonds is 8. The first kappa shape index (κ1) is 22.1. The molecule has 1 heterocycles. The van der Waals surface area contributed by atoms with E-state index < -0.39 is 11.5 Å². The number of nitrogens with one attached hydrogen (secondary N) is 1. The summed E-state index contributed by atoms with van der Waals surface area (Å²) in [6.07, 6.45) is 3.08. The van der Waals surface area contributed by atoms with Crippen LogP contribution in [-0.2, 0) is 6.54 Å². The Morgan fingerprint density at radius 3 is 2.65 bits per heavy atom. The van der Waals surface area contributed by atoms with Gasteiger partial charge in [-0.25, -0.2) is 5.43 Å². The fraction of sp³-hybridized carbons (Fsp3) is 0.174. The highest BCUT2D eigenvalue weighted by atomic mass is 35.5. The van der Waals surface area contributed by atoms with Crippen molar-refractivity contribution in [1.82, 2.24) is 9.99 Å². The van der Waals surface area contributed by atoms with Crippen molar-refractivity contribution in [3.63, 3.8) is 0 Å².